The number of pyridine rings is 1. The van der Waals surface area contributed by atoms with Crippen molar-refractivity contribution in [2.24, 2.45) is 0 Å². The molecule has 3 aromatic carbocycles. The number of benzene rings is 3. The second-order valence-corrected chi connectivity index (χ2v) is 9.30. The van der Waals surface area contributed by atoms with Gasteiger partial charge in [0.25, 0.3) is 0 Å². The van der Waals surface area contributed by atoms with Gasteiger partial charge in [0, 0.05) is 46.5 Å². The Labute approximate surface area is 205 Å². The highest BCUT2D eigenvalue weighted by Gasteiger charge is 2.37. The molecule has 0 unspecified atom stereocenters. The first-order valence-electron chi connectivity index (χ1n) is 11.7. The van der Waals surface area contributed by atoms with E-state index in [1.807, 2.05) is 36.5 Å². The van der Waals surface area contributed by atoms with E-state index < -0.39 is 0 Å². The molecule has 0 fully saturated rings. The van der Waals surface area contributed by atoms with Crippen molar-refractivity contribution < 1.29 is 0 Å². The lowest BCUT2D eigenvalue weighted by molar-refractivity contribution is 0.632. The average Bonchev–Trinajstić information content (AvgIpc) is 2.90. The summed E-state index contributed by atoms with van der Waals surface area (Å²) < 4.78 is 0. The van der Waals surface area contributed by atoms with Crippen LogP contribution in [-0.2, 0) is 5.41 Å². The fourth-order valence-electron chi connectivity index (χ4n) is 4.93. The van der Waals surface area contributed by atoms with Gasteiger partial charge < -0.3 is 10.6 Å². The van der Waals surface area contributed by atoms with Gasteiger partial charge in [-0.1, -0.05) is 26.0 Å². The highest BCUT2D eigenvalue weighted by Crippen LogP contribution is 2.53. The Bertz CT molecular complexity index is 1510. The summed E-state index contributed by atoms with van der Waals surface area (Å²) in [4.78, 5) is 15.7. The molecule has 5 nitrogen and oxygen atoms in total. The summed E-state index contributed by atoms with van der Waals surface area (Å²) in [5, 5.41) is 0. The molecule has 35 heavy (non-hydrogen) atoms. The number of nitrogens with zero attached hydrogens (tertiary/aromatic N) is 4. The molecule has 1 aliphatic heterocycles. The zero-order valence-electron chi connectivity index (χ0n) is 19.7. The van der Waals surface area contributed by atoms with Crippen LogP contribution in [0.15, 0.2) is 104 Å². The van der Waals surface area contributed by atoms with Crippen LogP contribution in [-0.4, -0.2) is 15.0 Å². The summed E-state index contributed by atoms with van der Waals surface area (Å²) in [5.74, 6) is 0.715. The third kappa shape index (κ3) is 3.53. The molecule has 170 valence electrons. The zero-order valence-corrected chi connectivity index (χ0v) is 19.7. The predicted octanol–water partition coefficient (Wildman–Crippen LogP) is 6.90. The van der Waals surface area contributed by atoms with Gasteiger partial charge >= 0.3 is 0 Å². The van der Waals surface area contributed by atoms with Gasteiger partial charge in [-0.3, -0.25) is 4.98 Å². The van der Waals surface area contributed by atoms with E-state index in [1.54, 1.807) is 12.4 Å². The lowest BCUT2D eigenvalue weighted by Crippen LogP contribution is -2.30. The molecule has 0 saturated heterocycles. The van der Waals surface area contributed by atoms with Crippen LogP contribution in [0.4, 0.5) is 22.7 Å². The Morgan fingerprint density at radius 1 is 0.657 bits per heavy atom. The lowest BCUT2D eigenvalue weighted by Gasteiger charge is -2.42. The van der Waals surface area contributed by atoms with Crippen molar-refractivity contribution in [1.82, 2.24) is 15.0 Å². The molecule has 6 rings (SSSR count). The van der Waals surface area contributed by atoms with E-state index in [4.69, 9.17) is 5.73 Å². The number of aromatic nitrogens is 3. The van der Waals surface area contributed by atoms with Crippen molar-refractivity contribution >= 4 is 22.7 Å². The molecule has 0 saturated carbocycles. The van der Waals surface area contributed by atoms with Gasteiger partial charge in [-0.05, 0) is 83.9 Å². The first kappa shape index (κ1) is 21.1. The second kappa shape index (κ2) is 8.06. The van der Waals surface area contributed by atoms with E-state index in [1.165, 1.54) is 11.1 Å². The number of nitrogen functional groups attached to an aromatic ring is 1. The van der Waals surface area contributed by atoms with Gasteiger partial charge in [0.05, 0.1) is 17.1 Å². The van der Waals surface area contributed by atoms with E-state index in [0.717, 1.165) is 39.6 Å². The van der Waals surface area contributed by atoms with Crippen LogP contribution in [0.1, 0.15) is 25.0 Å². The van der Waals surface area contributed by atoms with Gasteiger partial charge in [-0.2, -0.15) is 0 Å². The van der Waals surface area contributed by atoms with Crippen LogP contribution < -0.4 is 10.6 Å². The van der Waals surface area contributed by atoms with Gasteiger partial charge in [-0.25, -0.2) is 9.97 Å². The van der Waals surface area contributed by atoms with Crippen LogP contribution in [0.2, 0.25) is 0 Å². The SMILES string of the molecule is CC1(C)c2cc(N)ccc2N(c2ccc(-c3ncccn3)cc2)c2ccc(-c3ccccn3)cc21. The molecule has 5 heteroatoms. The van der Waals surface area contributed by atoms with Crippen LogP contribution in [0.3, 0.4) is 0 Å². The normalized spacial score (nSPS) is 13.7. The van der Waals surface area contributed by atoms with Gasteiger partial charge in [0.2, 0.25) is 0 Å². The summed E-state index contributed by atoms with van der Waals surface area (Å²) in [6.07, 6.45) is 5.36. The molecule has 2 aromatic heterocycles. The van der Waals surface area contributed by atoms with E-state index in [9.17, 15) is 0 Å². The molecular formula is C30H25N5. The standard InChI is InChI=1S/C30H25N5/c1-30(2)24-18-21(26-6-3-4-15-32-26)9-13-27(24)35(28-14-10-22(31)19-25(28)30)23-11-7-20(8-12-23)29-33-16-5-17-34-29/h3-19H,31H2,1-2H3. The van der Waals surface area contributed by atoms with Crippen LogP contribution >= 0.6 is 0 Å². The fourth-order valence-corrected chi connectivity index (χ4v) is 4.93. The van der Waals surface area contributed by atoms with Gasteiger partial charge in [-0.15, -0.1) is 0 Å². The molecule has 0 bridgehead atoms. The maximum Gasteiger partial charge on any atom is 0.159 e. The summed E-state index contributed by atoms with van der Waals surface area (Å²) in [7, 11) is 0. The Morgan fingerprint density at radius 3 is 2.03 bits per heavy atom. The predicted molar refractivity (Wildman–Crippen MR) is 142 cm³/mol. The molecular weight excluding hydrogens is 430 g/mol. The molecule has 0 aliphatic carbocycles. The first-order chi connectivity index (χ1) is 17.0. The fraction of sp³-hybridized carbons (Fsp3) is 0.100. The van der Waals surface area contributed by atoms with E-state index in [0.29, 0.717) is 5.82 Å². The van der Waals surface area contributed by atoms with E-state index in [2.05, 4.69) is 88.3 Å². The first-order valence-corrected chi connectivity index (χ1v) is 11.7. The summed E-state index contributed by atoms with van der Waals surface area (Å²) in [6.45, 7) is 4.53. The number of hydrogen-bond acceptors (Lipinski definition) is 5. The van der Waals surface area contributed by atoms with Gasteiger partial charge in [0.15, 0.2) is 5.82 Å². The number of anilines is 4. The maximum atomic E-state index is 6.27. The highest BCUT2D eigenvalue weighted by atomic mass is 15.2. The van der Waals surface area contributed by atoms with Crippen molar-refractivity contribution in [3.05, 3.63) is 115 Å². The number of fused-ring (bicyclic) bond motifs is 2. The molecule has 1 aliphatic rings. The quantitative estimate of drug-likeness (QED) is 0.300. The zero-order chi connectivity index (χ0) is 24.0. The third-order valence-electron chi connectivity index (χ3n) is 6.76. The molecule has 0 atom stereocenters. The van der Waals surface area contributed by atoms with Gasteiger partial charge in [0.1, 0.15) is 0 Å². The Hall–Kier alpha value is -4.51. The van der Waals surface area contributed by atoms with Crippen molar-refractivity contribution in [1.29, 1.82) is 0 Å². The summed E-state index contributed by atoms with van der Waals surface area (Å²) in [6, 6.07) is 29.0. The largest absolute Gasteiger partial charge is 0.399 e. The number of hydrogen-bond donors (Lipinski definition) is 1. The molecule has 0 radical (unpaired) electrons. The van der Waals surface area contributed by atoms with E-state index >= 15 is 0 Å². The monoisotopic (exact) mass is 455 g/mol. The Balaban J connectivity index is 1.53. The smallest absolute Gasteiger partial charge is 0.159 e. The number of nitrogens with two attached hydrogens (primary N) is 1. The summed E-state index contributed by atoms with van der Waals surface area (Å²) in [5.41, 5.74) is 15.6. The average molecular weight is 456 g/mol. The molecule has 0 amide bonds. The topological polar surface area (TPSA) is 67.9 Å². The lowest BCUT2D eigenvalue weighted by atomic mass is 9.73. The van der Waals surface area contributed by atoms with Crippen LogP contribution in [0, 0.1) is 0 Å². The van der Waals surface area contributed by atoms with E-state index in [-0.39, 0.29) is 5.41 Å². The summed E-state index contributed by atoms with van der Waals surface area (Å²) >= 11 is 0. The molecule has 5 aromatic rings. The highest BCUT2D eigenvalue weighted by molar-refractivity contribution is 5.88. The Kier molecular flexibility index (Phi) is 4.85. The van der Waals surface area contributed by atoms with Crippen LogP contribution in [0.25, 0.3) is 22.6 Å². The molecule has 0 spiro atoms. The van der Waals surface area contributed by atoms with Crippen molar-refractivity contribution in [2.45, 2.75) is 19.3 Å². The minimum Gasteiger partial charge on any atom is -0.399 e. The molecule has 3 heterocycles. The molecule has 2 N–H and O–H groups in total. The maximum absolute atomic E-state index is 6.27. The minimum absolute atomic E-state index is 0.237. The van der Waals surface area contributed by atoms with Crippen LogP contribution in [0.5, 0.6) is 0 Å². The minimum atomic E-state index is -0.237. The Morgan fingerprint density at radius 2 is 1.31 bits per heavy atom. The van der Waals surface area contributed by atoms with Crippen molar-refractivity contribution in [3.63, 3.8) is 0 Å². The van der Waals surface area contributed by atoms with Crippen molar-refractivity contribution in [3.8, 4) is 22.6 Å². The third-order valence-corrected chi connectivity index (χ3v) is 6.76. The number of rotatable bonds is 3. The van der Waals surface area contributed by atoms with Crippen molar-refractivity contribution in [2.75, 3.05) is 10.6 Å². The second-order valence-electron chi connectivity index (χ2n) is 9.30.